The van der Waals surface area contributed by atoms with Crippen LogP contribution in [0, 0.1) is 5.92 Å². The van der Waals surface area contributed by atoms with Crippen LogP contribution in [-0.2, 0) is 0 Å². The number of nitrogens with zero attached hydrogens (tertiary/aromatic N) is 3. The Balaban J connectivity index is 0.00000192. The molecule has 0 amide bonds. The molecule has 1 atom stereocenters. The molecule has 1 fully saturated rings. The average Bonchev–Trinajstić information content (AvgIpc) is 3.17. The second kappa shape index (κ2) is 8.12. The fraction of sp³-hybridized carbons (Fsp3) is 0.286. The first kappa shape index (κ1) is 18.7. The van der Waals surface area contributed by atoms with Crippen LogP contribution >= 0.6 is 12.4 Å². The number of ether oxygens (including phenoxy) is 1. The van der Waals surface area contributed by atoms with Gasteiger partial charge in [-0.25, -0.2) is 9.97 Å². The number of pyridine rings is 1. The summed E-state index contributed by atoms with van der Waals surface area (Å²) in [6, 6.07) is 9.88. The summed E-state index contributed by atoms with van der Waals surface area (Å²) >= 11 is 0. The summed E-state index contributed by atoms with van der Waals surface area (Å²) in [5, 5.41) is 4.45. The molecule has 0 radical (unpaired) electrons. The van der Waals surface area contributed by atoms with Crippen LogP contribution in [0.4, 0.5) is 0 Å². The molecule has 1 saturated heterocycles. The minimum atomic E-state index is 0. The number of fused-ring (bicyclic) bond motifs is 2. The number of hydrogen-bond acceptors (Lipinski definition) is 6. The van der Waals surface area contributed by atoms with Crippen molar-refractivity contribution in [3.05, 3.63) is 49.0 Å². The molecular weight excluding hydrogens is 376 g/mol. The van der Waals surface area contributed by atoms with Crippen molar-refractivity contribution in [2.45, 2.75) is 12.8 Å². The topological polar surface area (TPSA) is 73.1 Å². The molecule has 144 valence electrons. The third-order valence-corrected chi connectivity index (χ3v) is 5.04. The van der Waals surface area contributed by atoms with Crippen molar-refractivity contribution in [2.75, 3.05) is 19.7 Å². The molecule has 5 rings (SSSR count). The lowest BCUT2D eigenvalue weighted by atomic mass is 10.0. The highest BCUT2D eigenvalue weighted by Gasteiger charge is 2.18. The SMILES string of the molecule is Cl.c1ccc2c(-c3cc4nccnc4c(OC[C@H]4CCCNC4)n3)coc2c1. The van der Waals surface area contributed by atoms with Crippen molar-refractivity contribution in [2.24, 2.45) is 5.92 Å². The van der Waals surface area contributed by atoms with E-state index in [4.69, 9.17) is 14.1 Å². The van der Waals surface area contributed by atoms with E-state index < -0.39 is 0 Å². The molecule has 3 aromatic heterocycles. The van der Waals surface area contributed by atoms with Crippen LogP contribution in [0.15, 0.2) is 53.4 Å². The first-order valence-corrected chi connectivity index (χ1v) is 9.30. The fourth-order valence-corrected chi connectivity index (χ4v) is 3.62. The molecule has 4 heterocycles. The average molecular weight is 397 g/mol. The maximum atomic E-state index is 6.13. The van der Waals surface area contributed by atoms with E-state index in [-0.39, 0.29) is 12.4 Å². The highest BCUT2D eigenvalue weighted by atomic mass is 35.5. The van der Waals surface area contributed by atoms with Crippen molar-refractivity contribution in [1.29, 1.82) is 0 Å². The number of para-hydroxylation sites is 1. The Labute approximate surface area is 168 Å². The standard InChI is InChI=1S/C21H20N4O2.ClH/c1-2-6-19-15(5-1)16(13-26-19)17-10-18-20(24-9-8-23-18)21(25-17)27-12-14-4-3-7-22-11-14;/h1-2,5-6,8-10,13-14,22H,3-4,7,11-12H2;1H/t14-;/m0./s1. The van der Waals surface area contributed by atoms with E-state index in [1.165, 1.54) is 12.8 Å². The number of benzene rings is 1. The zero-order valence-corrected chi connectivity index (χ0v) is 16.1. The van der Waals surface area contributed by atoms with Gasteiger partial charge < -0.3 is 14.5 Å². The normalized spacial score (nSPS) is 16.8. The minimum Gasteiger partial charge on any atom is -0.476 e. The second-order valence-electron chi connectivity index (χ2n) is 6.91. The molecule has 0 bridgehead atoms. The number of halogens is 1. The van der Waals surface area contributed by atoms with Crippen LogP contribution in [0.25, 0.3) is 33.3 Å². The molecule has 7 heteroatoms. The summed E-state index contributed by atoms with van der Waals surface area (Å²) in [6.07, 6.45) is 7.45. The Morgan fingerprint density at radius 2 is 2.07 bits per heavy atom. The first-order chi connectivity index (χ1) is 13.4. The Hall–Kier alpha value is -2.70. The van der Waals surface area contributed by atoms with Gasteiger partial charge in [-0.1, -0.05) is 18.2 Å². The highest BCUT2D eigenvalue weighted by molar-refractivity contribution is 5.95. The Morgan fingerprint density at radius 1 is 1.18 bits per heavy atom. The third kappa shape index (κ3) is 3.53. The molecule has 1 aromatic carbocycles. The number of rotatable bonds is 4. The molecule has 0 aliphatic carbocycles. The van der Waals surface area contributed by atoms with Crippen LogP contribution in [0.2, 0.25) is 0 Å². The van der Waals surface area contributed by atoms with Crippen molar-refractivity contribution in [3.63, 3.8) is 0 Å². The van der Waals surface area contributed by atoms with Crippen LogP contribution in [-0.4, -0.2) is 34.6 Å². The predicted octanol–water partition coefficient (Wildman–Crippen LogP) is 4.24. The maximum absolute atomic E-state index is 6.13. The molecular formula is C21H21ClN4O2. The van der Waals surface area contributed by atoms with Crippen molar-refractivity contribution < 1.29 is 9.15 Å². The van der Waals surface area contributed by atoms with E-state index in [0.29, 0.717) is 23.9 Å². The lowest BCUT2D eigenvalue weighted by Gasteiger charge is -2.22. The van der Waals surface area contributed by atoms with Crippen molar-refractivity contribution in [3.8, 4) is 17.1 Å². The Morgan fingerprint density at radius 3 is 2.96 bits per heavy atom. The number of hydrogen-bond donors (Lipinski definition) is 1. The number of piperidine rings is 1. The third-order valence-electron chi connectivity index (χ3n) is 5.04. The molecule has 28 heavy (non-hydrogen) atoms. The summed E-state index contributed by atoms with van der Waals surface area (Å²) in [7, 11) is 0. The van der Waals surface area contributed by atoms with Crippen LogP contribution in [0.3, 0.4) is 0 Å². The largest absolute Gasteiger partial charge is 0.476 e. The van der Waals surface area contributed by atoms with Gasteiger partial charge in [-0.05, 0) is 31.5 Å². The van der Waals surface area contributed by atoms with Crippen LogP contribution in [0.1, 0.15) is 12.8 Å². The fourth-order valence-electron chi connectivity index (χ4n) is 3.62. The monoisotopic (exact) mass is 396 g/mol. The maximum Gasteiger partial charge on any atom is 0.242 e. The summed E-state index contributed by atoms with van der Waals surface area (Å²) in [4.78, 5) is 13.7. The van der Waals surface area contributed by atoms with E-state index >= 15 is 0 Å². The van der Waals surface area contributed by atoms with Crippen molar-refractivity contribution >= 4 is 34.4 Å². The lowest BCUT2D eigenvalue weighted by molar-refractivity contribution is 0.214. The van der Waals surface area contributed by atoms with Gasteiger partial charge >= 0.3 is 0 Å². The van der Waals surface area contributed by atoms with Crippen molar-refractivity contribution in [1.82, 2.24) is 20.3 Å². The van der Waals surface area contributed by atoms with E-state index in [2.05, 4.69) is 15.3 Å². The zero-order chi connectivity index (χ0) is 18.1. The summed E-state index contributed by atoms with van der Waals surface area (Å²) in [6.45, 7) is 2.70. The zero-order valence-electron chi connectivity index (χ0n) is 15.3. The predicted molar refractivity (Wildman–Crippen MR) is 111 cm³/mol. The van der Waals surface area contributed by atoms with Gasteiger partial charge in [0, 0.05) is 35.8 Å². The molecule has 1 aliphatic rings. The number of nitrogens with one attached hydrogen (secondary N) is 1. The van der Waals surface area contributed by atoms with E-state index in [1.807, 2.05) is 30.3 Å². The summed E-state index contributed by atoms with van der Waals surface area (Å²) in [5.74, 6) is 1.03. The van der Waals surface area contributed by atoms with Crippen LogP contribution in [0.5, 0.6) is 5.88 Å². The smallest absolute Gasteiger partial charge is 0.242 e. The van der Waals surface area contributed by atoms with Gasteiger partial charge in [-0.15, -0.1) is 12.4 Å². The Kier molecular flexibility index (Phi) is 5.41. The van der Waals surface area contributed by atoms with Gasteiger partial charge in [0.2, 0.25) is 5.88 Å². The summed E-state index contributed by atoms with van der Waals surface area (Å²) < 4.78 is 11.8. The molecule has 4 aromatic rings. The van der Waals surface area contributed by atoms with E-state index in [9.17, 15) is 0 Å². The quantitative estimate of drug-likeness (QED) is 0.556. The van der Waals surface area contributed by atoms with Gasteiger partial charge in [0.25, 0.3) is 0 Å². The molecule has 0 unspecified atom stereocenters. The van der Waals surface area contributed by atoms with Gasteiger partial charge in [0.15, 0.2) is 5.52 Å². The second-order valence-corrected chi connectivity index (χ2v) is 6.91. The van der Waals surface area contributed by atoms with Gasteiger partial charge in [-0.2, -0.15) is 0 Å². The molecule has 0 spiro atoms. The van der Waals surface area contributed by atoms with Gasteiger partial charge in [-0.3, -0.25) is 4.98 Å². The molecule has 1 aliphatic heterocycles. The van der Waals surface area contributed by atoms with Gasteiger partial charge in [0.1, 0.15) is 11.8 Å². The van der Waals surface area contributed by atoms with E-state index in [1.54, 1.807) is 18.7 Å². The highest BCUT2D eigenvalue weighted by Crippen LogP contribution is 2.33. The first-order valence-electron chi connectivity index (χ1n) is 9.30. The number of furan rings is 1. The van der Waals surface area contributed by atoms with Crippen LogP contribution < -0.4 is 10.1 Å². The minimum absolute atomic E-state index is 0. The lowest BCUT2D eigenvalue weighted by Crippen LogP contribution is -2.33. The van der Waals surface area contributed by atoms with Gasteiger partial charge in [0.05, 0.1) is 17.8 Å². The summed E-state index contributed by atoms with van der Waals surface area (Å²) in [5.41, 5.74) is 4.01. The van der Waals surface area contributed by atoms with E-state index in [0.717, 1.165) is 40.8 Å². The molecule has 0 saturated carbocycles. The molecule has 6 nitrogen and oxygen atoms in total. The Bertz CT molecular complexity index is 1090. The molecule has 1 N–H and O–H groups in total. The number of aromatic nitrogens is 3.